The minimum atomic E-state index is -5.53. The summed E-state index contributed by atoms with van der Waals surface area (Å²) in [6.45, 7) is 1.38. The van der Waals surface area contributed by atoms with E-state index in [4.69, 9.17) is 50.5 Å². The van der Waals surface area contributed by atoms with E-state index in [0.29, 0.717) is 12.1 Å². The van der Waals surface area contributed by atoms with Crippen molar-refractivity contribution < 1.29 is 320 Å². The van der Waals surface area contributed by atoms with E-state index in [9.17, 15) is 62.9 Å². The van der Waals surface area contributed by atoms with Crippen LogP contribution in [0.1, 0.15) is 47.0 Å². The van der Waals surface area contributed by atoms with E-state index in [1.54, 1.807) is 0 Å². The fourth-order valence-electron chi connectivity index (χ4n) is 5.75. The van der Waals surface area contributed by atoms with Crippen molar-refractivity contribution in [3.63, 3.8) is 0 Å². The van der Waals surface area contributed by atoms with E-state index in [0.717, 1.165) is 36.4 Å². The van der Waals surface area contributed by atoms with Crippen LogP contribution in [-0.4, -0.2) is 119 Å². The second-order valence-electron chi connectivity index (χ2n) is 14.2. The van der Waals surface area contributed by atoms with Crippen LogP contribution in [0.3, 0.4) is 0 Å². The molecule has 0 aliphatic carbocycles. The van der Waals surface area contributed by atoms with Gasteiger partial charge in [0.15, 0.2) is 0 Å². The molecule has 6 rings (SSSR count). The number of carbonyl (C=O) groups excluding carboxylic acids is 5. The number of hydrogen-bond donors (Lipinski definition) is 6. The van der Waals surface area contributed by atoms with Crippen LogP contribution in [0.2, 0.25) is 0 Å². The largest absolute Gasteiger partial charge is 1.00 e. The zero-order chi connectivity index (χ0) is 61.6. The molecule has 0 bridgehead atoms. The summed E-state index contributed by atoms with van der Waals surface area (Å²) < 4.78 is 207. The number of hydrogen-bond acceptors (Lipinski definition) is 26. The number of rotatable bonds is 13. The molecule has 6 aromatic carbocycles. The first-order valence-electron chi connectivity index (χ1n) is 20.0. The quantitative estimate of drug-likeness (QED) is 0.0355. The predicted octanol–water partition coefficient (Wildman–Crippen LogP) is -20.4. The number of aryl methyl sites for hydroxylation is 1. The molecule has 0 aliphatic rings. The van der Waals surface area contributed by atoms with Crippen molar-refractivity contribution in [2.24, 2.45) is 0 Å². The van der Waals surface area contributed by atoms with Crippen molar-refractivity contribution in [2.45, 2.75) is 21.6 Å². The van der Waals surface area contributed by atoms with Crippen LogP contribution in [0.15, 0.2) is 124 Å². The normalized spacial score (nSPS) is 9.55. The fourth-order valence-corrected chi connectivity index (χ4v) is 7.53. The van der Waals surface area contributed by atoms with Crippen LogP contribution in [0.25, 0.3) is 0 Å². The van der Waals surface area contributed by atoms with Crippen molar-refractivity contribution in [2.75, 3.05) is 31.9 Å². The van der Waals surface area contributed by atoms with Crippen LogP contribution in [-0.2, 0) is 72.8 Å². The Morgan fingerprint density at radius 3 is 0.966 bits per heavy atom. The Balaban J connectivity index is -0.000000653. The molecule has 32 nitrogen and oxygen atoms in total. The maximum Gasteiger partial charge on any atom is 1.00 e. The summed E-state index contributed by atoms with van der Waals surface area (Å²) in [5.74, 6) is -3.63. The number of nitrogens with one attached hydrogen (secondary N) is 6. The SMILES string of the molecule is Cc1cc(S(=O)(=O)[O-])ccc1NC(=O)c1cc(NC(=O)Nc2cc(C(=O)Nc3[c-]c[c-]cc3)cc(C(=O)Nc3[c-]c[c-]cc3)c2)cc(C(=O)Nc2ccc(S(=O)(=O)[O-])cc2S(=O)(=O)[O-])c1.O=S(=O)=O.O=S(=O)=O.O=S(=O)=O.O=S(=O)=O.[Na+].[Na+].[Na+].[Na+].[Na+].[Na+].[Na+]. The van der Waals surface area contributed by atoms with Gasteiger partial charge in [0.05, 0.1) is 20.4 Å². The van der Waals surface area contributed by atoms with Gasteiger partial charge in [-0.3, -0.25) is 43.4 Å². The Morgan fingerprint density at radius 2 is 0.682 bits per heavy atom. The van der Waals surface area contributed by atoms with E-state index in [1.807, 2.05) is 0 Å². The molecule has 0 radical (unpaired) electrons. The second kappa shape index (κ2) is 46.7. The third kappa shape index (κ3) is 38.6. The monoisotopic (exact) mass is 1420 g/mol. The van der Waals surface area contributed by atoms with Gasteiger partial charge in [0.25, 0.3) is 23.6 Å². The molecule has 0 spiro atoms. The molecule has 0 saturated carbocycles. The molecular weight excluding hydrogens is 1390 g/mol. The smallest absolute Gasteiger partial charge is 0.744 e. The first-order valence-corrected chi connectivity index (χ1v) is 28.3. The molecule has 0 atom stereocenters. The number of anilines is 6. The Bertz CT molecular complexity index is 4060. The van der Waals surface area contributed by atoms with Crippen molar-refractivity contribution >= 4 is 137 Å². The molecule has 88 heavy (non-hydrogen) atoms. The zero-order valence-corrected chi connectivity index (χ0v) is 66.1. The Hall–Kier alpha value is -2.32. The minimum Gasteiger partial charge on any atom is -0.744 e. The van der Waals surface area contributed by atoms with E-state index < -0.39 is 128 Å². The van der Waals surface area contributed by atoms with Crippen molar-refractivity contribution in [1.29, 1.82) is 0 Å². The molecule has 0 heterocycles. The first-order chi connectivity index (χ1) is 37.5. The van der Waals surface area contributed by atoms with Gasteiger partial charge in [-0.2, -0.15) is 11.4 Å². The second-order valence-corrected chi connectivity index (χ2v) is 20.0. The van der Waals surface area contributed by atoms with E-state index in [1.165, 1.54) is 61.5 Å². The molecule has 46 heteroatoms. The Labute approximate surface area is 661 Å². The zero-order valence-electron chi connectivity index (χ0n) is 46.4. The van der Waals surface area contributed by atoms with Crippen LogP contribution < -0.4 is 239 Å². The predicted molar refractivity (Wildman–Crippen MR) is 266 cm³/mol. The van der Waals surface area contributed by atoms with Crippen molar-refractivity contribution in [3.05, 3.63) is 161 Å². The molecule has 6 amide bonds. The molecule has 6 aromatic rings. The maximum atomic E-state index is 13.7. The number of urea groups is 1. The van der Waals surface area contributed by atoms with Gasteiger partial charge in [-0.25, -0.2) is 30.0 Å². The van der Waals surface area contributed by atoms with Gasteiger partial charge >= 0.3 is 255 Å². The summed E-state index contributed by atoms with van der Waals surface area (Å²) in [5, 5.41) is 14.6. The van der Waals surface area contributed by atoms with Gasteiger partial charge in [0.2, 0.25) is 0 Å². The Morgan fingerprint density at radius 1 is 0.386 bits per heavy atom. The average molecular weight is 1420 g/mol. The van der Waals surface area contributed by atoms with E-state index >= 15 is 0 Å². The third-order valence-electron chi connectivity index (χ3n) is 8.74. The van der Waals surface area contributed by atoms with E-state index in [-0.39, 0.29) is 264 Å². The summed E-state index contributed by atoms with van der Waals surface area (Å²) in [6.07, 6.45) is 0. The van der Waals surface area contributed by atoms with Crippen molar-refractivity contribution in [1.82, 2.24) is 0 Å². The standard InChI is InChI=1S/C42H30N6O14S3.7Na.4O3S/c1-24-16-33(63(54,55)56)12-14-35(24)47-40(51)27-18-28(41(52)48-36-15-13-34(64(57,58)59)23-37(36)65(60,61)62)22-32(21-27)46-42(53)45-31-19-25(38(49)43-29-8-4-2-5-9-29)17-26(20-31)39(50)44-30-10-6-3-7-11-30;;;;;;;;4*1-4(2)3/h4-8,10,12-23H,1H3,(H,43,49)(H,44,50)(H,47,51)(H,48,52)(H2,45,46,53)(H,54,55,56)(H,57,58,59)(H,60,61,62);;;;;;;;;;;/q-4;7*+1;;;;/p-3. The maximum absolute atomic E-state index is 13.7. The summed E-state index contributed by atoms with van der Waals surface area (Å²) in [6, 6.07) is 30.2. The Kier molecular flexibility index (Phi) is 51.4. The molecule has 0 saturated heterocycles. The van der Waals surface area contributed by atoms with Crippen LogP contribution in [0.5, 0.6) is 0 Å². The molecule has 0 fully saturated rings. The van der Waals surface area contributed by atoms with Crippen LogP contribution in [0, 0.1) is 31.2 Å². The van der Waals surface area contributed by atoms with Gasteiger partial charge in [0, 0.05) is 39.3 Å². The van der Waals surface area contributed by atoms with Crippen LogP contribution in [0.4, 0.5) is 38.9 Å². The molecular formula is C42H27N6Na7O26S7. The van der Waals surface area contributed by atoms with Crippen molar-refractivity contribution in [3.8, 4) is 0 Å². The summed E-state index contributed by atoms with van der Waals surface area (Å²) in [7, 11) is -28.1. The van der Waals surface area contributed by atoms with Gasteiger partial charge < -0.3 is 82.0 Å². The number of carbonyl (C=O) groups is 5. The topological polar surface area (TPSA) is 534 Å². The summed E-state index contributed by atoms with van der Waals surface area (Å²) in [4.78, 5) is 64.6. The van der Waals surface area contributed by atoms with Gasteiger partial charge in [-0.15, -0.1) is 50.5 Å². The molecule has 0 unspecified atom stereocenters. The van der Waals surface area contributed by atoms with Gasteiger partial charge in [-0.1, -0.05) is 0 Å². The summed E-state index contributed by atoms with van der Waals surface area (Å²) >= 11 is 0. The summed E-state index contributed by atoms with van der Waals surface area (Å²) in [5.41, 5.74) is -1.59. The average Bonchev–Trinajstić information content (AvgIpc) is 3.33. The first kappa shape index (κ1) is 96.8. The number of amides is 6. The molecule has 0 aliphatic heterocycles. The molecule has 6 N–H and O–H groups in total. The minimum absolute atomic E-state index is 0. The number of benzene rings is 6. The molecule has 430 valence electrons. The fraction of sp³-hybridized carbons (Fsp3) is 0.0238. The van der Waals surface area contributed by atoms with E-state index in [2.05, 4.69) is 56.2 Å². The van der Waals surface area contributed by atoms with Gasteiger partial charge in [0.1, 0.15) is 30.4 Å². The third-order valence-corrected chi connectivity index (χ3v) is 11.3. The van der Waals surface area contributed by atoms with Crippen LogP contribution >= 0.6 is 0 Å². The van der Waals surface area contributed by atoms with Gasteiger partial charge in [-0.05, 0) is 85.3 Å². The molecule has 0 aromatic heterocycles.